The van der Waals surface area contributed by atoms with Crippen molar-refractivity contribution in [3.8, 4) is 5.75 Å². The van der Waals surface area contributed by atoms with Crippen molar-refractivity contribution in [2.75, 3.05) is 0 Å². The monoisotopic (exact) mass is 610 g/mol. The number of nitrogens with one attached hydrogen (secondary N) is 1. The molecule has 2 N–H and O–H groups in total. The van der Waals surface area contributed by atoms with Crippen LogP contribution in [-0.2, 0) is 0 Å². The van der Waals surface area contributed by atoms with Crippen molar-refractivity contribution < 1.29 is 14.3 Å². The molecule has 1 heterocycles. The molecule has 1 amide bonds. The van der Waals surface area contributed by atoms with Gasteiger partial charge in [-0.3, -0.25) is 4.79 Å². The van der Waals surface area contributed by atoms with Crippen molar-refractivity contribution in [1.82, 2.24) is 5.43 Å². The minimum Gasteiger partial charge on any atom is -0.507 e. The maximum Gasteiger partial charge on any atom is 0.307 e. The van der Waals surface area contributed by atoms with Crippen molar-refractivity contribution >= 4 is 84.2 Å². The highest BCUT2D eigenvalue weighted by Crippen LogP contribution is 2.28. The fourth-order valence-electron chi connectivity index (χ4n) is 2.01. The Bertz CT molecular complexity index is 969. The van der Waals surface area contributed by atoms with E-state index >= 15 is 0 Å². The zero-order chi connectivity index (χ0) is 17.3. The van der Waals surface area contributed by atoms with Gasteiger partial charge in [0.25, 0.3) is 0 Å². The van der Waals surface area contributed by atoms with Gasteiger partial charge in [-0.05, 0) is 87.1 Å². The molecule has 0 spiro atoms. The molecular weight excluding hydrogens is 602 g/mol. The first-order valence-corrected chi connectivity index (χ1v) is 9.59. The molecule has 8 heteroatoms. The number of phenols is 1. The topological polar surface area (TPSA) is 74.8 Å². The molecule has 3 rings (SSSR count). The summed E-state index contributed by atoms with van der Waals surface area (Å²) in [5.41, 5.74) is 3.87. The molecule has 0 aliphatic carbocycles. The molecule has 0 unspecified atom stereocenters. The van der Waals surface area contributed by atoms with Gasteiger partial charge in [-0.2, -0.15) is 5.10 Å². The van der Waals surface area contributed by atoms with Gasteiger partial charge in [-0.25, -0.2) is 5.43 Å². The average Bonchev–Trinajstić information content (AvgIpc) is 2.95. The zero-order valence-corrected chi connectivity index (χ0v) is 17.8. The van der Waals surface area contributed by atoms with Crippen LogP contribution in [0, 0.1) is 7.14 Å². The Labute approximate surface area is 172 Å². The standard InChI is InChI=1S/C16H9BrI2N2O3/c17-10-4-9-5-14(24-15(9)12(19)6-10)16(23)21-20-7-8-1-2-13(22)11(18)3-8/h1-7,22H,(H,21,23)/b20-7-. The number of furan rings is 1. The van der Waals surface area contributed by atoms with E-state index in [9.17, 15) is 9.90 Å². The third-order valence-electron chi connectivity index (χ3n) is 3.11. The van der Waals surface area contributed by atoms with Crippen molar-refractivity contribution in [1.29, 1.82) is 0 Å². The van der Waals surface area contributed by atoms with Crippen LogP contribution >= 0.6 is 61.1 Å². The first-order chi connectivity index (χ1) is 11.4. The lowest BCUT2D eigenvalue weighted by Crippen LogP contribution is -2.16. The number of hydrogen-bond acceptors (Lipinski definition) is 4. The summed E-state index contributed by atoms with van der Waals surface area (Å²) in [5.74, 6) is -0.0267. The Hall–Kier alpha value is -1.14. The number of benzene rings is 2. The van der Waals surface area contributed by atoms with Crippen LogP contribution in [0.3, 0.4) is 0 Å². The Kier molecular flexibility index (Phi) is 5.45. The number of fused-ring (bicyclic) bond motifs is 1. The number of nitrogens with zero attached hydrogens (tertiary/aromatic N) is 1. The van der Waals surface area contributed by atoms with E-state index in [1.165, 1.54) is 6.21 Å². The molecule has 0 fully saturated rings. The third kappa shape index (κ3) is 3.91. The minimum absolute atomic E-state index is 0.193. The van der Waals surface area contributed by atoms with Gasteiger partial charge >= 0.3 is 5.91 Å². The molecule has 0 radical (unpaired) electrons. The van der Waals surface area contributed by atoms with Crippen molar-refractivity contribution in [3.05, 3.63) is 59.3 Å². The summed E-state index contributed by atoms with van der Waals surface area (Å²) < 4.78 is 8.15. The number of aromatic hydroxyl groups is 1. The molecule has 1 aromatic heterocycles. The number of hydrazone groups is 1. The number of halogens is 3. The molecule has 0 aliphatic rings. The molecule has 24 heavy (non-hydrogen) atoms. The van der Waals surface area contributed by atoms with Gasteiger partial charge in [0, 0.05) is 9.86 Å². The third-order valence-corrected chi connectivity index (χ3v) is 5.23. The van der Waals surface area contributed by atoms with Crippen LogP contribution in [0.25, 0.3) is 11.0 Å². The summed E-state index contributed by atoms with van der Waals surface area (Å²) in [7, 11) is 0. The van der Waals surface area contributed by atoms with E-state index in [2.05, 4.69) is 49.0 Å². The van der Waals surface area contributed by atoms with Gasteiger partial charge in [0.2, 0.25) is 0 Å². The van der Waals surface area contributed by atoms with E-state index in [0.29, 0.717) is 9.15 Å². The normalized spacial score (nSPS) is 11.3. The van der Waals surface area contributed by atoms with E-state index in [-0.39, 0.29) is 11.5 Å². The van der Waals surface area contributed by atoms with Crippen LogP contribution in [0.4, 0.5) is 0 Å². The van der Waals surface area contributed by atoms with E-state index < -0.39 is 5.91 Å². The van der Waals surface area contributed by atoms with E-state index in [0.717, 1.165) is 19.0 Å². The number of hydrogen-bond donors (Lipinski definition) is 2. The van der Waals surface area contributed by atoms with Gasteiger partial charge in [0.1, 0.15) is 11.3 Å². The lowest BCUT2D eigenvalue weighted by molar-refractivity contribution is 0.0929. The molecule has 122 valence electrons. The van der Waals surface area contributed by atoms with Gasteiger partial charge in [0.15, 0.2) is 5.76 Å². The summed E-state index contributed by atoms with van der Waals surface area (Å²) in [6.07, 6.45) is 1.50. The first-order valence-electron chi connectivity index (χ1n) is 6.64. The SMILES string of the molecule is O=C(N/N=C\c1ccc(O)c(I)c1)c1cc2cc(Br)cc(I)c2o1. The largest absolute Gasteiger partial charge is 0.507 e. The van der Waals surface area contributed by atoms with E-state index in [1.807, 2.05) is 34.7 Å². The maximum absolute atomic E-state index is 12.1. The summed E-state index contributed by atoms with van der Waals surface area (Å²) >= 11 is 7.59. The predicted molar refractivity (Wildman–Crippen MR) is 113 cm³/mol. The van der Waals surface area contributed by atoms with Crippen LogP contribution in [-0.4, -0.2) is 17.2 Å². The zero-order valence-electron chi connectivity index (χ0n) is 11.9. The minimum atomic E-state index is -0.428. The molecule has 0 aliphatic heterocycles. The van der Waals surface area contributed by atoms with E-state index in [1.54, 1.807) is 24.3 Å². The molecule has 0 saturated carbocycles. The highest BCUT2D eigenvalue weighted by Gasteiger charge is 2.14. The summed E-state index contributed by atoms with van der Waals surface area (Å²) in [4.78, 5) is 12.1. The second kappa shape index (κ2) is 7.40. The lowest BCUT2D eigenvalue weighted by Gasteiger charge is -1.98. The molecule has 2 aromatic carbocycles. The molecule has 0 bridgehead atoms. The smallest absolute Gasteiger partial charge is 0.307 e. The van der Waals surface area contributed by atoms with E-state index in [4.69, 9.17) is 4.42 Å². The van der Waals surface area contributed by atoms with Gasteiger partial charge in [-0.1, -0.05) is 15.9 Å². The first kappa shape index (κ1) is 17.7. The number of rotatable bonds is 3. The lowest BCUT2D eigenvalue weighted by atomic mass is 10.2. The Morgan fingerprint density at radius 2 is 2.00 bits per heavy atom. The van der Waals surface area contributed by atoms with Gasteiger partial charge in [-0.15, -0.1) is 0 Å². The summed E-state index contributed by atoms with van der Waals surface area (Å²) in [6, 6.07) is 10.5. The van der Waals surface area contributed by atoms with Gasteiger partial charge in [0.05, 0.1) is 13.4 Å². The number of phenolic OH excluding ortho intramolecular Hbond substituents is 1. The van der Waals surface area contributed by atoms with Crippen molar-refractivity contribution in [2.45, 2.75) is 0 Å². The Morgan fingerprint density at radius 1 is 1.21 bits per heavy atom. The summed E-state index contributed by atoms with van der Waals surface area (Å²) in [6.45, 7) is 0. The molecule has 3 aromatic rings. The quantitative estimate of drug-likeness (QED) is 0.252. The number of amides is 1. The molecular formula is C16H9BrI2N2O3. The van der Waals surface area contributed by atoms with Crippen LogP contribution in [0.2, 0.25) is 0 Å². The van der Waals surface area contributed by atoms with Crippen LogP contribution in [0.5, 0.6) is 5.75 Å². The number of carbonyl (C=O) groups is 1. The second-order valence-corrected chi connectivity index (χ2v) is 8.07. The fourth-order valence-corrected chi connectivity index (χ4v) is 4.21. The van der Waals surface area contributed by atoms with Crippen LogP contribution < -0.4 is 5.43 Å². The highest BCUT2D eigenvalue weighted by atomic mass is 127. The van der Waals surface area contributed by atoms with Crippen molar-refractivity contribution in [2.24, 2.45) is 5.10 Å². The van der Waals surface area contributed by atoms with Crippen molar-refractivity contribution in [3.63, 3.8) is 0 Å². The van der Waals surface area contributed by atoms with Gasteiger partial charge < -0.3 is 9.52 Å². The van der Waals surface area contributed by atoms with Crippen LogP contribution in [0.1, 0.15) is 16.1 Å². The second-order valence-electron chi connectivity index (χ2n) is 4.83. The number of carbonyl (C=O) groups excluding carboxylic acids is 1. The summed E-state index contributed by atoms with van der Waals surface area (Å²) in [5, 5.41) is 14.2. The Morgan fingerprint density at radius 3 is 2.75 bits per heavy atom. The Balaban J connectivity index is 1.76. The molecule has 0 atom stereocenters. The maximum atomic E-state index is 12.1. The molecule has 5 nitrogen and oxygen atoms in total. The highest BCUT2D eigenvalue weighted by molar-refractivity contribution is 14.1. The average molecular weight is 611 g/mol. The van der Waals surface area contributed by atoms with Crippen LogP contribution in [0.15, 0.2) is 50.4 Å². The fraction of sp³-hybridized carbons (Fsp3) is 0. The molecule has 0 saturated heterocycles. The predicted octanol–water partition coefficient (Wildman–Crippen LogP) is 4.87.